The average molecular weight is 521 g/mol. The Morgan fingerprint density at radius 2 is 1.97 bits per heavy atom. The number of anilines is 1. The van der Waals surface area contributed by atoms with Crippen LogP contribution in [0.4, 0.5) is 5.82 Å². The summed E-state index contributed by atoms with van der Waals surface area (Å²) >= 11 is 0. The van der Waals surface area contributed by atoms with E-state index in [2.05, 4.69) is 64.2 Å². The predicted octanol–water partition coefficient (Wildman–Crippen LogP) is 2.20. The molecule has 2 aliphatic rings. The third-order valence-electron chi connectivity index (χ3n) is 8.03. The number of nitrogen functional groups attached to an aromatic ring is 1. The zero-order valence-electron chi connectivity index (χ0n) is 22.0. The van der Waals surface area contributed by atoms with Gasteiger partial charge in [0.15, 0.2) is 17.7 Å². The van der Waals surface area contributed by atoms with Gasteiger partial charge in [0.1, 0.15) is 36.0 Å². The van der Waals surface area contributed by atoms with E-state index in [0.29, 0.717) is 29.7 Å². The number of ether oxygens (including phenoxy) is 1. The smallest absolute Gasteiger partial charge is 0.167 e. The first-order valence-electron chi connectivity index (χ1n) is 13.3. The van der Waals surface area contributed by atoms with Gasteiger partial charge in [-0.15, -0.1) is 0 Å². The summed E-state index contributed by atoms with van der Waals surface area (Å²) in [5.74, 6) is 1.94. The maximum atomic E-state index is 10.7. The van der Waals surface area contributed by atoms with Crippen LogP contribution in [0, 0.1) is 5.92 Å². The fourth-order valence-corrected chi connectivity index (χ4v) is 5.59. The van der Waals surface area contributed by atoms with Crippen LogP contribution >= 0.6 is 0 Å². The van der Waals surface area contributed by atoms with E-state index in [4.69, 9.17) is 15.5 Å². The Hall–Kier alpha value is -3.12. The molecule has 1 aliphatic carbocycles. The second-order valence-corrected chi connectivity index (χ2v) is 11.8. The second kappa shape index (κ2) is 9.57. The molecule has 4 heterocycles. The normalized spacial score (nSPS) is 27.8. The van der Waals surface area contributed by atoms with Gasteiger partial charge in [-0.3, -0.25) is 4.57 Å². The van der Waals surface area contributed by atoms with Crippen LogP contribution in [0.15, 0.2) is 30.9 Å². The summed E-state index contributed by atoms with van der Waals surface area (Å²) in [6.07, 6.45) is 3.56. The Bertz CT molecular complexity index is 1440. The van der Waals surface area contributed by atoms with Crippen LogP contribution in [0.2, 0.25) is 0 Å². The van der Waals surface area contributed by atoms with Crippen LogP contribution in [-0.2, 0) is 16.6 Å². The second-order valence-electron chi connectivity index (χ2n) is 11.8. The minimum Gasteiger partial charge on any atom is -0.387 e. The molecule has 0 radical (unpaired) electrons. The van der Waals surface area contributed by atoms with Crippen molar-refractivity contribution in [1.82, 2.24) is 34.8 Å². The average Bonchev–Trinajstić information content (AvgIpc) is 3.54. The van der Waals surface area contributed by atoms with Gasteiger partial charge in [-0.05, 0) is 48.3 Å². The highest BCUT2D eigenvalue weighted by Crippen LogP contribution is 2.34. The van der Waals surface area contributed by atoms with E-state index in [0.717, 1.165) is 42.5 Å². The number of aliphatic hydroxyl groups excluding tert-OH is 2. The third-order valence-corrected chi connectivity index (χ3v) is 8.03. The molecule has 1 saturated carbocycles. The largest absolute Gasteiger partial charge is 0.387 e. The van der Waals surface area contributed by atoms with Crippen molar-refractivity contribution >= 4 is 28.0 Å². The van der Waals surface area contributed by atoms with Crippen molar-refractivity contribution in [3.8, 4) is 0 Å². The van der Waals surface area contributed by atoms with Gasteiger partial charge in [-0.1, -0.05) is 26.8 Å². The number of H-pyrrole nitrogens is 1. The Labute approximate surface area is 220 Å². The fourth-order valence-electron chi connectivity index (χ4n) is 5.59. The van der Waals surface area contributed by atoms with E-state index >= 15 is 0 Å². The molecule has 1 aliphatic heterocycles. The van der Waals surface area contributed by atoms with Crippen LogP contribution in [0.1, 0.15) is 57.6 Å². The highest BCUT2D eigenvalue weighted by Gasteiger charge is 2.44. The van der Waals surface area contributed by atoms with Crippen LogP contribution in [-0.4, -0.2) is 70.6 Å². The molecule has 0 spiro atoms. The number of hydrogen-bond acceptors (Lipinski definition) is 9. The monoisotopic (exact) mass is 520 g/mol. The van der Waals surface area contributed by atoms with Gasteiger partial charge in [-0.2, -0.15) is 0 Å². The number of aromatic amines is 1. The molecular formula is C27H36N8O3. The van der Waals surface area contributed by atoms with Crippen LogP contribution in [0.5, 0.6) is 0 Å². The Balaban J connectivity index is 0.984. The van der Waals surface area contributed by atoms with Crippen molar-refractivity contribution in [2.75, 3.05) is 12.3 Å². The topological polar surface area (TPSA) is 160 Å². The standard InChI is InChI=1S/C27H36N8O3/c1-27(2,3)15-5-6-17-18(10-15)34-20(33-17)7-4-14-8-16(9-14)29-11-19-22(36)23(37)26(38-19)35-13-32-21-24(28)30-12-31-25(21)35/h5-6,10,12-14,16,19,22-23,26,29,36-37H,4,7-9,11H2,1-3H3,(H,33,34)(H2,28,30,31)/t14?,16?,19-,22-,23?,26-/m1/s1. The number of hydrogen-bond donors (Lipinski definition) is 5. The molecule has 1 aromatic carbocycles. The Kier molecular flexibility index (Phi) is 6.34. The number of fused-ring (bicyclic) bond motifs is 2. The molecule has 38 heavy (non-hydrogen) atoms. The van der Waals surface area contributed by atoms with E-state index in [9.17, 15) is 10.2 Å². The lowest BCUT2D eigenvalue weighted by atomic mass is 9.77. The first kappa shape index (κ1) is 25.2. The van der Waals surface area contributed by atoms with Crippen molar-refractivity contribution in [2.45, 2.75) is 82.5 Å². The number of aromatic nitrogens is 6. The van der Waals surface area contributed by atoms with Gasteiger partial charge in [0.2, 0.25) is 0 Å². The van der Waals surface area contributed by atoms with E-state index in [1.807, 2.05) is 0 Å². The number of aryl methyl sites for hydroxylation is 1. The number of nitrogens with one attached hydrogen (secondary N) is 2. The number of rotatable bonds is 7. The Morgan fingerprint density at radius 3 is 2.76 bits per heavy atom. The summed E-state index contributed by atoms with van der Waals surface area (Å²) in [4.78, 5) is 20.7. The summed E-state index contributed by atoms with van der Waals surface area (Å²) in [5.41, 5.74) is 10.3. The highest BCUT2D eigenvalue weighted by molar-refractivity contribution is 5.81. The number of aliphatic hydroxyl groups is 2. The predicted molar refractivity (Wildman–Crippen MR) is 143 cm³/mol. The first-order chi connectivity index (χ1) is 18.2. The number of nitrogens with zero attached hydrogens (tertiary/aromatic N) is 5. The lowest BCUT2D eigenvalue weighted by Crippen LogP contribution is -2.46. The molecule has 4 atom stereocenters. The SMILES string of the molecule is CC(C)(C)c1ccc2nc(CCC3CC(NC[C@H]4O[C@@H](n5cnc6c(N)ncnc65)C(O)[C@@H]4O)C3)[nH]c2c1. The number of imidazole rings is 2. The lowest BCUT2D eigenvalue weighted by molar-refractivity contribution is -0.0357. The van der Waals surface area contributed by atoms with Gasteiger partial charge in [0.25, 0.3) is 0 Å². The van der Waals surface area contributed by atoms with Crippen molar-refractivity contribution < 1.29 is 14.9 Å². The Morgan fingerprint density at radius 1 is 1.16 bits per heavy atom. The maximum Gasteiger partial charge on any atom is 0.167 e. The first-order valence-corrected chi connectivity index (χ1v) is 13.3. The minimum absolute atomic E-state index is 0.114. The van der Waals surface area contributed by atoms with Gasteiger partial charge in [-0.25, -0.2) is 19.9 Å². The van der Waals surface area contributed by atoms with Crippen molar-refractivity contribution in [1.29, 1.82) is 0 Å². The van der Waals surface area contributed by atoms with E-state index < -0.39 is 24.5 Å². The maximum absolute atomic E-state index is 10.7. The molecule has 3 aromatic heterocycles. The minimum atomic E-state index is -1.10. The molecule has 6 rings (SSSR count). The molecule has 2 fully saturated rings. The third kappa shape index (κ3) is 4.64. The molecule has 11 heteroatoms. The molecule has 0 bridgehead atoms. The molecule has 1 saturated heterocycles. The van der Waals surface area contributed by atoms with Crippen LogP contribution < -0.4 is 11.1 Å². The van der Waals surface area contributed by atoms with Gasteiger partial charge in [0, 0.05) is 19.0 Å². The number of benzene rings is 1. The summed E-state index contributed by atoms with van der Waals surface area (Å²) in [5, 5.41) is 24.8. The van der Waals surface area contributed by atoms with Gasteiger partial charge < -0.3 is 31.0 Å². The number of nitrogens with two attached hydrogens (primary N) is 1. The van der Waals surface area contributed by atoms with Crippen LogP contribution in [0.25, 0.3) is 22.2 Å². The van der Waals surface area contributed by atoms with Crippen molar-refractivity contribution in [3.63, 3.8) is 0 Å². The summed E-state index contributed by atoms with van der Waals surface area (Å²) in [6.45, 7) is 7.12. The van der Waals surface area contributed by atoms with Crippen LogP contribution in [0.3, 0.4) is 0 Å². The molecule has 4 aromatic rings. The van der Waals surface area contributed by atoms with Gasteiger partial charge >= 0.3 is 0 Å². The molecular weight excluding hydrogens is 484 g/mol. The van der Waals surface area contributed by atoms with E-state index in [1.165, 1.54) is 18.2 Å². The molecule has 1 unspecified atom stereocenters. The summed E-state index contributed by atoms with van der Waals surface area (Å²) in [6, 6.07) is 6.87. The summed E-state index contributed by atoms with van der Waals surface area (Å²) < 4.78 is 7.63. The van der Waals surface area contributed by atoms with Gasteiger partial charge in [0.05, 0.1) is 17.4 Å². The van der Waals surface area contributed by atoms with Crippen molar-refractivity contribution in [2.24, 2.45) is 5.92 Å². The molecule has 11 nitrogen and oxygen atoms in total. The zero-order chi connectivity index (χ0) is 26.6. The molecule has 0 amide bonds. The van der Waals surface area contributed by atoms with E-state index in [-0.39, 0.29) is 11.2 Å². The molecule has 202 valence electrons. The van der Waals surface area contributed by atoms with Crippen molar-refractivity contribution in [3.05, 3.63) is 42.2 Å². The lowest BCUT2D eigenvalue weighted by Gasteiger charge is -2.36. The fraction of sp³-hybridized carbons (Fsp3) is 0.556. The molecule has 6 N–H and O–H groups in total. The quantitative estimate of drug-likeness (QED) is 0.246. The van der Waals surface area contributed by atoms with E-state index in [1.54, 1.807) is 4.57 Å². The zero-order valence-corrected chi connectivity index (χ0v) is 22.0. The summed E-state index contributed by atoms with van der Waals surface area (Å²) in [7, 11) is 0. The highest BCUT2D eigenvalue weighted by atomic mass is 16.6.